The number of hydrogen-bond acceptors (Lipinski definition) is 7. The second kappa shape index (κ2) is 8.24. The normalized spacial score (nSPS) is 12.4. The van der Waals surface area contributed by atoms with E-state index in [9.17, 15) is 19.7 Å². The van der Waals surface area contributed by atoms with E-state index in [1.54, 1.807) is 6.07 Å². The Balaban J connectivity index is 1.78. The third-order valence-electron chi connectivity index (χ3n) is 2.87. The molecule has 0 saturated heterocycles. The van der Waals surface area contributed by atoms with Crippen LogP contribution in [0.1, 0.15) is 23.2 Å². The van der Waals surface area contributed by atoms with Crippen LogP contribution in [0.15, 0.2) is 50.5 Å². The van der Waals surface area contributed by atoms with Gasteiger partial charge >= 0.3 is 5.88 Å². The maximum absolute atomic E-state index is 11.8. The van der Waals surface area contributed by atoms with E-state index < -0.39 is 22.8 Å². The summed E-state index contributed by atoms with van der Waals surface area (Å²) in [6.45, 7) is 1.49. The van der Waals surface area contributed by atoms with Crippen LogP contribution in [0.3, 0.4) is 0 Å². The number of hydrazone groups is 1. The van der Waals surface area contributed by atoms with Gasteiger partial charge in [0.2, 0.25) is 0 Å². The van der Waals surface area contributed by atoms with Gasteiger partial charge in [0.1, 0.15) is 16.7 Å². The van der Waals surface area contributed by atoms with Gasteiger partial charge in [-0.25, -0.2) is 5.43 Å². The summed E-state index contributed by atoms with van der Waals surface area (Å²) in [5.74, 6) is -1.05. The van der Waals surface area contributed by atoms with Crippen LogP contribution in [0.2, 0.25) is 0 Å². The van der Waals surface area contributed by atoms with E-state index in [1.807, 2.05) is 0 Å². The van der Waals surface area contributed by atoms with Gasteiger partial charge in [-0.3, -0.25) is 19.7 Å². The Labute approximate surface area is 141 Å². The molecular formula is C15H14N4O6. The third-order valence-corrected chi connectivity index (χ3v) is 2.87. The highest BCUT2D eigenvalue weighted by atomic mass is 16.6. The van der Waals surface area contributed by atoms with Gasteiger partial charge in [0.15, 0.2) is 5.76 Å². The van der Waals surface area contributed by atoms with E-state index in [0.29, 0.717) is 0 Å². The van der Waals surface area contributed by atoms with Crippen molar-refractivity contribution < 1.29 is 23.3 Å². The fourth-order valence-corrected chi connectivity index (χ4v) is 1.65. The molecule has 2 N–H and O–H groups in total. The molecule has 0 unspecified atom stereocenters. The van der Waals surface area contributed by atoms with Crippen LogP contribution in [0.4, 0.5) is 5.88 Å². The molecule has 0 saturated carbocycles. The zero-order chi connectivity index (χ0) is 18.2. The lowest BCUT2D eigenvalue weighted by atomic mass is 10.3. The third kappa shape index (κ3) is 5.16. The summed E-state index contributed by atoms with van der Waals surface area (Å²) in [5.41, 5.74) is 2.24. The molecule has 0 spiro atoms. The van der Waals surface area contributed by atoms with Gasteiger partial charge in [0.05, 0.1) is 12.3 Å². The first kappa shape index (κ1) is 17.7. The smallest absolute Gasteiger partial charge is 0.433 e. The van der Waals surface area contributed by atoms with Crippen LogP contribution in [-0.4, -0.2) is 29.0 Å². The molecule has 0 aliphatic carbocycles. The van der Waals surface area contributed by atoms with E-state index >= 15 is 0 Å². The number of allylic oxidation sites excluding steroid dienone is 1. The SMILES string of the molecule is C[C@H](NC(=O)c1ccco1)C(=O)N/N=C\C=C\c1ccc([N+](=O)[O-])o1. The van der Waals surface area contributed by atoms with Gasteiger partial charge in [-0.05, 0) is 37.3 Å². The van der Waals surface area contributed by atoms with Crippen LogP contribution < -0.4 is 10.7 Å². The number of carbonyl (C=O) groups is 2. The first-order chi connectivity index (χ1) is 12.0. The Morgan fingerprint density at radius 2 is 2.16 bits per heavy atom. The summed E-state index contributed by atoms with van der Waals surface area (Å²) >= 11 is 0. The Bertz CT molecular complexity index is 806. The second-order valence-corrected chi connectivity index (χ2v) is 4.72. The van der Waals surface area contributed by atoms with Gasteiger partial charge in [-0.15, -0.1) is 0 Å². The zero-order valence-corrected chi connectivity index (χ0v) is 13.0. The Morgan fingerprint density at radius 1 is 1.36 bits per heavy atom. The molecule has 25 heavy (non-hydrogen) atoms. The van der Waals surface area contributed by atoms with Crippen molar-refractivity contribution in [3.8, 4) is 0 Å². The van der Waals surface area contributed by atoms with Gasteiger partial charge in [0.25, 0.3) is 11.8 Å². The minimum Gasteiger partial charge on any atom is -0.459 e. The predicted octanol–water partition coefficient (Wildman–Crippen LogP) is 1.71. The summed E-state index contributed by atoms with van der Waals surface area (Å²) in [6.07, 6.45) is 5.47. The average Bonchev–Trinajstić information content (AvgIpc) is 3.26. The summed E-state index contributed by atoms with van der Waals surface area (Å²) in [4.78, 5) is 33.3. The lowest BCUT2D eigenvalue weighted by Crippen LogP contribution is -2.43. The molecule has 0 radical (unpaired) electrons. The molecule has 0 bridgehead atoms. The molecule has 2 heterocycles. The van der Waals surface area contributed by atoms with Crippen molar-refractivity contribution in [3.05, 3.63) is 58.2 Å². The van der Waals surface area contributed by atoms with Crippen LogP contribution in [0.25, 0.3) is 6.08 Å². The molecule has 10 nitrogen and oxygen atoms in total. The number of hydrogen-bond donors (Lipinski definition) is 2. The summed E-state index contributed by atoms with van der Waals surface area (Å²) in [6, 6.07) is 4.85. The number of carbonyl (C=O) groups excluding carboxylic acids is 2. The number of nitrogens with one attached hydrogen (secondary N) is 2. The van der Waals surface area contributed by atoms with E-state index in [4.69, 9.17) is 8.83 Å². The molecule has 2 rings (SSSR count). The molecule has 0 aromatic carbocycles. The molecule has 1 atom stereocenters. The first-order valence-corrected chi connectivity index (χ1v) is 7.05. The largest absolute Gasteiger partial charge is 0.459 e. The molecule has 0 aliphatic heterocycles. The molecule has 0 fully saturated rings. The van der Waals surface area contributed by atoms with Crippen LogP contribution in [0.5, 0.6) is 0 Å². The quantitative estimate of drug-likeness (QED) is 0.444. The van der Waals surface area contributed by atoms with Crippen molar-refractivity contribution in [2.45, 2.75) is 13.0 Å². The zero-order valence-electron chi connectivity index (χ0n) is 13.0. The fraction of sp³-hybridized carbons (Fsp3) is 0.133. The monoisotopic (exact) mass is 346 g/mol. The van der Waals surface area contributed by atoms with Crippen molar-refractivity contribution in [1.29, 1.82) is 0 Å². The number of amides is 2. The predicted molar refractivity (Wildman–Crippen MR) is 86.7 cm³/mol. The van der Waals surface area contributed by atoms with Gasteiger partial charge in [0, 0.05) is 6.21 Å². The highest BCUT2D eigenvalue weighted by molar-refractivity contribution is 5.95. The Morgan fingerprint density at radius 3 is 2.80 bits per heavy atom. The highest BCUT2D eigenvalue weighted by Crippen LogP contribution is 2.16. The van der Waals surface area contributed by atoms with Crippen molar-refractivity contribution >= 4 is 30.0 Å². The van der Waals surface area contributed by atoms with Crippen molar-refractivity contribution in [2.75, 3.05) is 0 Å². The summed E-state index contributed by atoms with van der Waals surface area (Å²) in [5, 5.41) is 16.6. The number of furan rings is 2. The van der Waals surface area contributed by atoms with Crippen LogP contribution in [-0.2, 0) is 4.79 Å². The van der Waals surface area contributed by atoms with Crippen LogP contribution >= 0.6 is 0 Å². The summed E-state index contributed by atoms with van der Waals surface area (Å²) < 4.78 is 9.81. The maximum atomic E-state index is 11.8. The number of rotatable bonds is 7. The molecule has 2 amide bonds. The van der Waals surface area contributed by atoms with Crippen LogP contribution in [0, 0.1) is 10.1 Å². The van der Waals surface area contributed by atoms with Crippen molar-refractivity contribution in [3.63, 3.8) is 0 Å². The molecular weight excluding hydrogens is 332 g/mol. The highest BCUT2D eigenvalue weighted by Gasteiger charge is 2.17. The second-order valence-electron chi connectivity index (χ2n) is 4.72. The molecule has 2 aromatic rings. The molecule has 130 valence electrons. The topological polar surface area (TPSA) is 140 Å². The van der Waals surface area contributed by atoms with Crippen molar-refractivity contribution in [1.82, 2.24) is 10.7 Å². The van der Waals surface area contributed by atoms with E-state index in [1.165, 1.54) is 49.8 Å². The van der Waals surface area contributed by atoms with E-state index in [0.717, 1.165) is 0 Å². The Kier molecular flexibility index (Phi) is 5.82. The van der Waals surface area contributed by atoms with Crippen molar-refractivity contribution in [2.24, 2.45) is 5.10 Å². The minimum absolute atomic E-state index is 0.0959. The molecule has 0 aliphatic rings. The van der Waals surface area contributed by atoms with E-state index in [2.05, 4.69) is 15.8 Å². The number of nitrogens with zero attached hydrogens (tertiary/aromatic N) is 2. The standard InChI is InChI=1S/C15H14N4O6/c1-10(17-15(21)12-5-3-9-24-12)14(20)18-16-8-2-4-11-6-7-13(25-11)19(22)23/h2-10H,1H3,(H,17,21)(H,18,20)/b4-2+,16-8-/t10-/m0/s1. The molecule has 10 heteroatoms. The lowest BCUT2D eigenvalue weighted by Gasteiger charge is -2.10. The Hall–Kier alpha value is -3.69. The first-order valence-electron chi connectivity index (χ1n) is 7.05. The molecule has 2 aromatic heterocycles. The number of nitro groups is 1. The average molecular weight is 346 g/mol. The fourth-order valence-electron chi connectivity index (χ4n) is 1.65. The summed E-state index contributed by atoms with van der Waals surface area (Å²) in [7, 11) is 0. The van der Waals surface area contributed by atoms with Gasteiger partial charge in [-0.1, -0.05) is 0 Å². The lowest BCUT2D eigenvalue weighted by molar-refractivity contribution is -0.402. The van der Waals surface area contributed by atoms with E-state index in [-0.39, 0.29) is 17.4 Å². The van der Waals surface area contributed by atoms with Gasteiger partial charge < -0.3 is 14.2 Å². The maximum Gasteiger partial charge on any atom is 0.433 e. The van der Waals surface area contributed by atoms with Gasteiger partial charge in [-0.2, -0.15) is 5.10 Å². The minimum atomic E-state index is -0.827.